The van der Waals surface area contributed by atoms with Crippen LogP contribution in [0, 0.1) is 17.3 Å². The fraction of sp³-hybridized carbons (Fsp3) is 0.541. The Bertz CT molecular complexity index is 1810. The number of ketones is 1. The zero-order chi connectivity index (χ0) is 35.1. The van der Waals surface area contributed by atoms with E-state index in [2.05, 4.69) is 27.7 Å². The van der Waals surface area contributed by atoms with Gasteiger partial charge in [-0.3, -0.25) is 23.9 Å². The molecule has 12 heteroatoms. The fourth-order valence-electron chi connectivity index (χ4n) is 7.01. The van der Waals surface area contributed by atoms with E-state index in [1.54, 1.807) is 6.20 Å². The van der Waals surface area contributed by atoms with Gasteiger partial charge in [0.2, 0.25) is 27.7 Å². The molecule has 1 aromatic carbocycles. The van der Waals surface area contributed by atoms with Crippen LogP contribution in [0.25, 0.3) is 16.8 Å². The van der Waals surface area contributed by atoms with Crippen LogP contribution in [0.3, 0.4) is 0 Å². The summed E-state index contributed by atoms with van der Waals surface area (Å²) in [6, 6.07) is 6.87. The number of fused-ring (bicyclic) bond motifs is 3. The van der Waals surface area contributed by atoms with Crippen molar-refractivity contribution in [2.24, 2.45) is 17.3 Å². The summed E-state index contributed by atoms with van der Waals surface area (Å²) in [6.07, 6.45) is 10.7. The number of hydrogen-bond donors (Lipinski definition) is 2. The minimum atomic E-state index is -3.86. The molecular weight excluding hydrogens is 644 g/mol. The molecule has 4 bridgehead atoms. The molecule has 2 saturated carbocycles. The van der Waals surface area contributed by atoms with Crippen LogP contribution in [-0.2, 0) is 29.2 Å². The quantitative estimate of drug-likeness (QED) is 0.422. The van der Waals surface area contributed by atoms with Crippen molar-refractivity contribution in [2.45, 2.75) is 101 Å². The van der Waals surface area contributed by atoms with Crippen LogP contribution < -0.4 is 14.8 Å². The summed E-state index contributed by atoms with van der Waals surface area (Å²) >= 11 is 0. The molecule has 0 radical (unpaired) electrons. The number of rotatable bonds is 6. The maximum atomic E-state index is 14.5. The van der Waals surface area contributed by atoms with Gasteiger partial charge in [-0.15, -0.1) is 6.58 Å². The van der Waals surface area contributed by atoms with E-state index in [4.69, 9.17) is 4.74 Å². The van der Waals surface area contributed by atoms with Crippen molar-refractivity contribution >= 4 is 50.4 Å². The Labute approximate surface area is 288 Å². The lowest BCUT2D eigenvalue weighted by atomic mass is 9.76. The van der Waals surface area contributed by atoms with Crippen molar-refractivity contribution in [2.75, 3.05) is 6.54 Å². The Kier molecular flexibility index (Phi) is 9.47. The minimum Gasteiger partial charge on any atom is -0.472 e. The third-order valence-corrected chi connectivity index (χ3v) is 12.1. The van der Waals surface area contributed by atoms with Crippen LogP contribution in [-0.4, -0.2) is 71.3 Å². The van der Waals surface area contributed by atoms with Crippen molar-refractivity contribution in [3.8, 4) is 5.88 Å². The normalized spacial score (nSPS) is 28.7. The molecule has 0 spiro atoms. The van der Waals surface area contributed by atoms with Gasteiger partial charge in [-0.25, -0.2) is 13.4 Å². The predicted molar refractivity (Wildman–Crippen MR) is 186 cm³/mol. The summed E-state index contributed by atoms with van der Waals surface area (Å²) < 4.78 is 34.0. The second-order valence-corrected chi connectivity index (χ2v) is 17.0. The van der Waals surface area contributed by atoms with Gasteiger partial charge in [-0.2, -0.15) is 0 Å². The van der Waals surface area contributed by atoms with Gasteiger partial charge in [-0.1, -0.05) is 51.1 Å². The molecule has 1 aromatic heterocycles. The number of allylic oxidation sites excluding steroid dienone is 1. The standard InChI is InChI=1S/C37H46N4O7S/c1-5-25-21-37(25,35(45)40-49(46,47)28-14-15-28)39-32(43)31-20-27-22-41(31)34(44)30(36(2,3)4)19-26(42)11-9-7-6-8-10-23-12-13-24-16-17-38-33(48-27)29(24)18-23/h5,8,10,12-13,16-18,25,27-28,30-31H,1,6-7,9,11,14-15,19-22H2,2-4H3,(H,39,43)(H,40,45)/b10-8+/t25-,27+,30+,31-,37+/m0/s1. The molecule has 0 unspecified atom stereocenters. The minimum absolute atomic E-state index is 0.00532. The lowest BCUT2D eigenvalue weighted by Crippen LogP contribution is -2.57. The SMILES string of the molecule is C=C[C@H]1C[C@]1(NC(=O)[C@@H]1C[C@@H]2CN1C(=O)[C@H](C(C)(C)C)CC(=O)CCCC/C=C/c1ccc3ccnc(c3c1)O2)C(=O)NS(=O)(=O)C1CC1. The molecule has 262 valence electrons. The summed E-state index contributed by atoms with van der Waals surface area (Å²) in [5.41, 5.74) is -1.11. The zero-order valence-corrected chi connectivity index (χ0v) is 29.3. The molecule has 3 heterocycles. The summed E-state index contributed by atoms with van der Waals surface area (Å²) in [5, 5.41) is 3.95. The Morgan fingerprint density at radius 1 is 1.14 bits per heavy atom. The number of Topliss-reactive ketones (excluding diaryl/α,β-unsaturated/α-hetero) is 1. The van der Waals surface area contributed by atoms with Gasteiger partial charge in [0.1, 0.15) is 23.5 Å². The highest BCUT2D eigenvalue weighted by Gasteiger charge is 2.62. The number of nitrogens with one attached hydrogen (secondary N) is 2. The number of carbonyl (C=O) groups excluding carboxylic acids is 4. The Balaban J connectivity index is 1.33. The van der Waals surface area contributed by atoms with Crippen LogP contribution in [0.15, 0.2) is 49.2 Å². The molecule has 3 amide bonds. The van der Waals surface area contributed by atoms with E-state index < -0.39 is 62.0 Å². The van der Waals surface area contributed by atoms with E-state index in [0.717, 1.165) is 29.2 Å². The molecule has 49 heavy (non-hydrogen) atoms. The van der Waals surface area contributed by atoms with E-state index in [1.807, 2.05) is 51.1 Å². The third kappa shape index (κ3) is 7.44. The molecule has 6 rings (SSSR count). The summed E-state index contributed by atoms with van der Waals surface area (Å²) in [4.78, 5) is 61.4. The monoisotopic (exact) mass is 690 g/mol. The Morgan fingerprint density at radius 3 is 2.61 bits per heavy atom. The van der Waals surface area contributed by atoms with Crippen molar-refractivity contribution in [1.29, 1.82) is 0 Å². The van der Waals surface area contributed by atoms with Crippen LogP contribution in [0.2, 0.25) is 0 Å². The highest BCUT2D eigenvalue weighted by atomic mass is 32.2. The molecule has 3 fully saturated rings. The maximum Gasteiger partial charge on any atom is 0.259 e. The third-order valence-electron chi connectivity index (χ3n) is 10.3. The number of nitrogens with zero attached hydrogens (tertiary/aromatic N) is 2. The van der Waals surface area contributed by atoms with Crippen molar-refractivity contribution in [1.82, 2.24) is 19.9 Å². The number of hydrogen-bond acceptors (Lipinski definition) is 8. The fourth-order valence-corrected chi connectivity index (χ4v) is 8.37. The topological polar surface area (TPSA) is 152 Å². The van der Waals surface area contributed by atoms with Gasteiger partial charge in [-0.05, 0) is 67.0 Å². The number of sulfonamides is 1. The number of carbonyl (C=O) groups is 4. The second kappa shape index (κ2) is 13.3. The molecule has 2 aromatic rings. The van der Waals surface area contributed by atoms with E-state index in [1.165, 1.54) is 11.0 Å². The molecule has 5 atom stereocenters. The largest absolute Gasteiger partial charge is 0.472 e. The number of ether oxygens (including phenoxy) is 1. The average molecular weight is 691 g/mol. The van der Waals surface area contributed by atoms with Crippen LogP contribution in [0.4, 0.5) is 0 Å². The van der Waals surface area contributed by atoms with Crippen LogP contribution in [0.1, 0.15) is 84.1 Å². The number of pyridine rings is 1. The van der Waals surface area contributed by atoms with E-state index in [-0.39, 0.29) is 37.5 Å². The van der Waals surface area contributed by atoms with Gasteiger partial charge in [0.05, 0.1) is 11.8 Å². The molecule has 4 aliphatic rings. The summed E-state index contributed by atoms with van der Waals surface area (Å²) in [6.45, 7) is 9.58. The van der Waals surface area contributed by atoms with Gasteiger partial charge in [0.15, 0.2) is 0 Å². The number of amides is 3. The highest BCUT2D eigenvalue weighted by Crippen LogP contribution is 2.46. The Hall–Kier alpha value is -4.06. The first kappa shape index (κ1) is 34.8. The van der Waals surface area contributed by atoms with Crippen molar-refractivity contribution in [3.63, 3.8) is 0 Å². The molecule has 2 N–H and O–H groups in total. The molecule has 11 nitrogen and oxygen atoms in total. The predicted octanol–water partition coefficient (Wildman–Crippen LogP) is 4.46. The van der Waals surface area contributed by atoms with Gasteiger partial charge in [0.25, 0.3) is 5.91 Å². The maximum absolute atomic E-state index is 14.5. The molecular formula is C37H46N4O7S. The number of aromatic nitrogens is 1. The lowest BCUT2D eigenvalue weighted by molar-refractivity contribution is -0.146. The van der Waals surface area contributed by atoms with E-state index in [0.29, 0.717) is 31.6 Å². The molecule has 1 saturated heterocycles. The Morgan fingerprint density at radius 2 is 1.92 bits per heavy atom. The van der Waals surface area contributed by atoms with Gasteiger partial charge in [0, 0.05) is 42.7 Å². The first-order valence-corrected chi connectivity index (χ1v) is 18.8. The van der Waals surface area contributed by atoms with Crippen LogP contribution >= 0.6 is 0 Å². The van der Waals surface area contributed by atoms with Crippen molar-refractivity contribution < 1.29 is 32.3 Å². The smallest absolute Gasteiger partial charge is 0.259 e. The average Bonchev–Trinajstić information content (AvgIpc) is 3.97. The van der Waals surface area contributed by atoms with Crippen molar-refractivity contribution in [3.05, 3.63) is 54.8 Å². The molecule has 2 aliphatic heterocycles. The van der Waals surface area contributed by atoms with Gasteiger partial charge < -0.3 is 15.0 Å². The summed E-state index contributed by atoms with van der Waals surface area (Å²) in [5.74, 6) is -2.54. The second-order valence-electron chi connectivity index (χ2n) is 15.1. The first-order valence-electron chi connectivity index (χ1n) is 17.3. The van der Waals surface area contributed by atoms with Gasteiger partial charge >= 0.3 is 0 Å². The lowest BCUT2D eigenvalue weighted by Gasteiger charge is -2.35. The summed E-state index contributed by atoms with van der Waals surface area (Å²) in [7, 11) is -3.86. The van der Waals surface area contributed by atoms with E-state index in [9.17, 15) is 27.6 Å². The number of benzene rings is 1. The zero-order valence-electron chi connectivity index (χ0n) is 28.4. The van der Waals surface area contributed by atoms with E-state index >= 15 is 0 Å². The first-order chi connectivity index (χ1) is 23.2. The van der Waals surface area contributed by atoms with Crippen LogP contribution in [0.5, 0.6) is 5.88 Å². The molecule has 2 aliphatic carbocycles. The highest BCUT2D eigenvalue weighted by molar-refractivity contribution is 7.91.